The molecule has 0 aliphatic carbocycles. The van der Waals surface area contributed by atoms with E-state index < -0.39 is 0 Å². The number of rotatable bonds is 2. The quantitative estimate of drug-likeness (QED) is 0.563. The average molecular weight is 319 g/mol. The molecule has 0 aliphatic rings. The number of hydrogen-bond donors (Lipinski definition) is 0. The summed E-state index contributed by atoms with van der Waals surface area (Å²) in [6, 6.07) is 12.0. The normalized spacial score (nSPS) is 12.8. The first-order valence-corrected chi connectivity index (χ1v) is 7.69. The van der Waals surface area contributed by atoms with Gasteiger partial charge >= 0.3 is 0 Å². The van der Waals surface area contributed by atoms with Crippen molar-refractivity contribution in [3.8, 4) is 5.69 Å². The number of fused-ring (bicyclic) bond motifs is 1. The lowest BCUT2D eigenvalue weighted by Crippen LogP contribution is -2.04. The molecule has 21 heavy (non-hydrogen) atoms. The Balaban J connectivity index is 2.45. The molecule has 3 aromatic rings. The highest BCUT2D eigenvalue weighted by molar-refractivity contribution is 6.31. The highest BCUT2D eigenvalue weighted by Gasteiger charge is 2.19. The Morgan fingerprint density at radius 2 is 1.81 bits per heavy atom. The van der Waals surface area contributed by atoms with Crippen molar-refractivity contribution < 1.29 is 0 Å². The van der Waals surface area contributed by atoms with E-state index in [0.717, 1.165) is 33.1 Å². The fourth-order valence-corrected chi connectivity index (χ4v) is 2.98. The Bertz CT molecular complexity index is 819. The molecular weight excluding hydrogens is 303 g/mol. The fourth-order valence-electron chi connectivity index (χ4n) is 2.66. The van der Waals surface area contributed by atoms with Gasteiger partial charge in [0, 0.05) is 5.02 Å². The third-order valence-corrected chi connectivity index (χ3v) is 4.34. The van der Waals surface area contributed by atoms with Crippen LogP contribution in [0.5, 0.6) is 0 Å². The molecule has 0 saturated carbocycles. The second kappa shape index (κ2) is 5.36. The standard InChI is InChI=1S/C17H16Cl2N2/c1-10-6-4-8-14-16(10)21(17(20-14)12(3)18)15-9-5-7-13(19)11(15)2/h4-9,12H,1-3H3. The minimum absolute atomic E-state index is 0.185. The number of hydrogen-bond acceptors (Lipinski definition) is 1. The van der Waals surface area contributed by atoms with Crippen molar-refractivity contribution in [2.75, 3.05) is 0 Å². The maximum atomic E-state index is 6.36. The van der Waals surface area contributed by atoms with Crippen molar-refractivity contribution in [1.29, 1.82) is 0 Å². The minimum Gasteiger partial charge on any atom is -0.294 e. The Morgan fingerprint density at radius 3 is 2.52 bits per heavy atom. The topological polar surface area (TPSA) is 17.8 Å². The van der Waals surface area contributed by atoms with Crippen LogP contribution in [0.2, 0.25) is 5.02 Å². The Labute approximate surface area is 134 Å². The van der Waals surface area contributed by atoms with Crippen LogP contribution in [0.1, 0.15) is 29.3 Å². The van der Waals surface area contributed by atoms with Gasteiger partial charge in [0.1, 0.15) is 5.82 Å². The molecule has 0 radical (unpaired) electrons. The third kappa shape index (κ3) is 2.33. The molecule has 2 nitrogen and oxygen atoms in total. The van der Waals surface area contributed by atoms with Crippen molar-refractivity contribution >= 4 is 34.2 Å². The van der Waals surface area contributed by atoms with Gasteiger partial charge in [-0.25, -0.2) is 4.98 Å². The molecule has 1 unspecified atom stereocenters. The first kappa shape index (κ1) is 14.4. The lowest BCUT2D eigenvalue weighted by molar-refractivity contribution is 0.877. The number of aromatic nitrogens is 2. The monoisotopic (exact) mass is 318 g/mol. The summed E-state index contributed by atoms with van der Waals surface area (Å²) in [5.74, 6) is 0.839. The number of alkyl halides is 1. The second-order valence-corrected chi connectivity index (χ2v) is 6.31. The van der Waals surface area contributed by atoms with Gasteiger partial charge in [-0.05, 0) is 50.1 Å². The fraction of sp³-hybridized carbons (Fsp3) is 0.235. The lowest BCUT2D eigenvalue weighted by Gasteiger charge is -2.15. The maximum absolute atomic E-state index is 6.36. The van der Waals surface area contributed by atoms with E-state index in [1.165, 1.54) is 5.56 Å². The molecule has 108 valence electrons. The van der Waals surface area contributed by atoms with E-state index in [0.29, 0.717) is 0 Å². The zero-order valence-corrected chi connectivity index (χ0v) is 13.7. The van der Waals surface area contributed by atoms with Gasteiger partial charge in [-0.2, -0.15) is 0 Å². The van der Waals surface area contributed by atoms with Gasteiger partial charge in [0.2, 0.25) is 0 Å². The molecule has 0 bridgehead atoms. The van der Waals surface area contributed by atoms with Gasteiger partial charge < -0.3 is 0 Å². The average Bonchev–Trinajstić information content (AvgIpc) is 2.83. The highest BCUT2D eigenvalue weighted by atomic mass is 35.5. The number of imidazole rings is 1. The summed E-state index contributed by atoms with van der Waals surface area (Å²) >= 11 is 12.6. The van der Waals surface area contributed by atoms with Crippen molar-refractivity contribution in [2.24, 2.45) is 0 Å². The first-order valence-electron chi connectivity index (χ1n) is 6.88. The zero-order valence-electron chi connectivity index (χ0n) is 12.2. The number of benzene rings is 2. The number of aryl methyl sites for hydroxylation is 1. The number of halogens is 2. The molecule has 1 atom stereocenters. The Kier molecular flexibility index (Phi) is 3.68. The van der Waals surface area contributed by atoms with Crippen LogP contribution in [0.25, 0.3) is 16.7 Å². The van der Waals surface area contributed by atoms with E-state index >= 15 is 0 Å². The summed E-state index contributed by atoms with van der Waals surface area (Å²) in [5, 5.41) is 0.561. The largest absolute Gasteiger partial charge is 0.294 e. The predicted octanol–water partition coefficient (Wildman–Crippen LogP) is 5.60. The molecule has 3 rings (SSSR count). The van der Waals surface area contributed by atoms with E-state index in [1.807, 2.05) is 38.1 Å². The zero-order chi connectivity index (χ0) is 15.1. The summed E-state index contributed by atoms with van der Waals surface area (Å²) in [4.78, 5) is 4.71. The van der Waals surface area contributed by atoms with Gasteiger partial charge in [0.05, 0.1) is 22.1 Å². The van der Waals surface area contributed by atoms with E-state index in [1.54, 1.807) is 0 Å². The maximum Gasteiger partial charge on any atom is 0.132 e. The molecule has 0 fully saturated rings. The van der Waals surface area contributed by atoms with Crippen molar-refractivity contribution in [1.82, 2.24) is 9.55 Å². The van der Waals surface area contributed by atoms with E-state index in [9.17, 15) is 0 Å². The summed E-state index contributed by atoms with van der Waals surface area (Å²) in [7, 11) is 0. The Morgan fingerprint density at radius 1 is 1.10 bits per heavy atom. The van der Waals surface area contributed by atoms with E-state index in [4.69, 9.17) is 28.2 Å². The second-order valence-electron chi connectivity index (χ2n) is 5.25. The molecule has 0 spiro atoms. The van der Waals surface area contributed by atoms with Gasteiger partial charge in [0.25, 0.3) is 0 Å². The first-order chi connectivity index (χ1) is 10.0. The summed E-state index contributed by atoms with van der Waals surface area (Å²) in [5.41, 5.74) is 5.27. The van der Waals surface area contributed by atoms with E-state index in [2.05, 4.69) is 23.6 Å². The summed E-state index contributed by atoms with van der Waals surface area (Å²) < 4.78 is 2.13. The molecule has 2 aromatic carbocycles. The van der Waals surface area contributed by atoms with Crippen molar-refractivity contribution in [3.63, 3.8) is 0 Å². The van der Waals surface area contributed by atoms with Crippen LogP contribution in [-0.2, 0) is 0 Å². The smallest absolute Gasteiger partial charge is 0.132 e. The molecule has 0 aliphatic heterocycles. The summed E-state index contributed by atoms with van der Waals surface area (Å²) in [6.07, 6.45) is 0. The van der Waals surface area contributed by atoms with Crippen LogP contribution in [0.15, 0.2) is 36.4 Å². The molecule has 4 heteroatoms. The molecule has 0 saturated heterocycles. The number of nitrogens with zero attached hydrogens (tertiary/aromatic N) is 2. The van der Waals surface area contributed by atoms with E-state index in [-0.39, 0.29) is 5.38 Å². The van der Waals surface area contributed by atoms with Crippen LogP contribution in [-0.4, -0.2) is 9.55 Å². The molecule has 1 heterocycles. The highest BCUT2D eigenvalue weighted by Crippen LogP contribution is 2.32. The molecule has 0 N–H and O–H groups in total. The van der Waals surface area contributed by atoms with Gasteiger partial charge in [-0.1, -0.05) is 29.8 Å². The minimum atomic E-state index is -0.185. The SMILES string of the molecule is Cc1c(Cl)cccc1-n1c(C(C)Cl)nc2cccc(C)c21. The van der Waals surface area contributed by atoms with Crippen LogP contribution >= 0.6 is 23.2 Å². The van der Waals surface area contributed by atoms with Gasteiger partial charge in [-0.3, -0.25) is 4.57 Å². The van der Waals surface area contributed by atoms with Crippen LogP contribution < -0.4 is 0 Å². The predicted molar refractivity (Wildman–Crippen MR) is 89.8 cm³/mol. The van der Waals surface area contributed by atoms with Crippen LogP contribution in [0.4, 0.5) is 0 Å². The van der Waals surface area contributed by atoms with Gasteiger partial charge in [-0.15, -0.1) is 11.6 Å². The van der Waals surface area contributed by atoms with Gasteiger partial charge in [0.15, 0.2) is 0 Å². The molecule has 1 aromatic heterocycles. The number of para-hydroxylation sites is 1. The Hall–Kier alpha value is -1.51. The summed E-state index contributed by atoms with van der Waals surface area (Å²) in [6.45, 7) is 6.04. The molecular formula is C17H16Cl2N2. The third-order valence-electron chi connectivity index (χ3n) is 3.74. The van der Waals surface area contributed by atoms with Crippen molar-refractivity contribution in [3.05, 3.63) is 58.4 Å². The lowest BCUT2D eigenvalue weighted by atomic mass is 10.1. The van der Waals surface area contributed by atoms with Crippen LogP contribution in [0, 0.1) is 13.8 Å². The van der Waals surface area contributed by atoms with Crippen molar-refractivity contribution in [2.45, 2.75) is 26.1 Å². The molecule has 0 amide bonds. The van der Waals surface area contributed by atoms with Crippen LogP contribution in [0.3, 0.4) is 0 Å².